The van der Waals surface area contributed by atoms with E-state index in [9.17, 15) is 43.9 Å². The number of carbonyl (C=O) groups excluding carboxylic acids is 1. The predicted molar refractivity (Wildman–Crippen MR) is 150 cm³/mol. The average Bonchev–Trinajstić information content (AvgIpc) is 3.35. The molecule has 2 saturated heterocycles. The Labute approximate surface area is 259 Å². The maximum atomic E-state index is 11.7. The molecular formula is C20H29IN4O17P2. The summed E-state index contributed by atoms with van der Waals surface area (Å²) in [5.41, 5.74) is -1.28. The number of nitrogens with one attached hydrogen (secondary N) is 2. The third-order valence-electron chi connectivity index (χ3n) is 6.22. The van der Waals surface area contributed by atoms with E-state index in [0.29, 0.717) is 3.58 Å². The summed E-state index contributed by atoms with van der Waals surface area (Å²) < 4.78 is 41.6. The third-order valence-corrected chi connectivity index (χ3v) is 7.96. The highest BCUT2D eigenvalue weighted by Gasteiger charge is 2.47. The first-order chi connectivity index (χ1) is 20.2. The Kier molecular flexibility index (Phi) is 11.9. The van der Waals surface area contributed by atoms with Crippen LogP contribution in [0.3, 0.4) is 0 Å². The maximum Gasteiger partial charge on any atom is 0.469 e. The fraction of sp³-hybridized carbons (Fsp3) is 0.550. The standard InChI is InChI=1S/C10H14IN2O8P.C10H15N2O9P/c1-4-12-9(16)5(11)2-13(4)10-8(15)7(14)6(21-10)3-20-22(17,18)19;1-4-2-12(10(16)11-8(4)15)9-7(14)6(13)5(21-9)3-20-22(17,18)19/h2,6-8,10,14-15H,1,3H2,(H,12,16)(H2,17,18,19);2,5-7,9,13-14H,3H2,1H3,(H,11,15,16)(H2,17,18,19)/t6?,7-,8-,10-;5?,6-,7-,9-/m11/s1. The lowest BCUT2D eigenvalue weighted by molar-refractivity contribution is -0.118. The van der Waals surface area contributed by atoms with E-state index in [4.69, 9.17) is 29.0 Å². The molecule has 2 fully saturated rings. The van der Waals surface area contributed by atoms with Crippen molar-refractivity contribution in [2.45, 2.75) is 56.0 Å². The van der Waals surface area contributed by atoms with Crippen molar-refractivity contribution in [2.75, 3.05) is 13.2 Å². The van der Waals surface area contributed by atoms with Crippen LogP contribution in [0.15, 0.2) is 38.0 Å². The number of hydrogen-bond donors (Lipinski definition) is 10. The highest BCUT2D eigenvalue weighted by atomic mass is 127. The number of aliphatic hydroxyl groups is 4. The third kappa shape index (κ3) is 9.11. The van der Waals surface area contributed by atoms with Crippen LogP contribution in [-0.4, -0.2) is 116 Å². The fourth-order valence-electron chi connectivity index (χ4n) is 4.05. The second-order valence-corrected chi connectivity index (χ2v) is 13.1. The van der Waals surface area contributed by atoms with Crippen molar-refractivity contribution in [3.8, 4) is 0 Å². The summed E-state index contributed by atoms with van der Waals surface area (Å²) in [5.74, 6) is -0.227. The molecule has 0 aromatic carbocycles. The monoisotopic (exact) mass is 786 g/mol. The number of phosphoric acid groups is 2. The maximum absolute atomic E-state index is 11.7. The Morgan fingerprint density at radius 3 is 1.89 bits per heavy atom. The number of halogens is 1. The van der Waals surface area contributed by atoms with Gasteiger partial charge in [0.05, 0.1) is 16.8 Å². The molecule has 3 aliphatic rings. The van der Waals surface area contributed by atoms with E-state index in [2.05, 4.69) is 20.9 Å². The first-order valence-electron chi connectivity index (χ1n) is 12.1. The van der Waals surface area contributed by atoms with Gasteiger partial charge in [0.1, 0.15) is 42.4 Å². The van der Waals surface area contributed by atoms with Crippen LogP contribution < -0.4 is 16.6 Å². The van der Waals surface area contributed by atoms with E-state index in [1.54, 1.807) is 22.6 Å². The SMILES string of the molecule is C=C1NC(=O)C(I)=CN1[C@@H]1OC(COP(=O)(O)O)[C@@H](O)[C@H]1O.Cc1cn([C@@H]2OC(COP(=O)(O)O)[C@@H](O)[C@H]2O)c(=O)[nH]c1=O. The van der Waals surface area contributed by atoms with Crippen molar-refractivity contribution in [1.29, 1.82) is 0 Å². The van der Waals surface area contributed by atoms with Crippen LogP contribution in [0.25, 0.3) is 0 Å². The van der Waals surface area contributed by atoms with E-state index in [1.807, 2.05) is 4.98 Å². The molecule has 8 atom stereocenters. The minimum absolute atomic E-state index is 0.137. The molecule has 24 heteroatoms. The first-order valence-corrected chi connectivity index (χ1v) is 16.3. The Morgan fingerprint density at radius 2 is 1.39 bits per heavy atom. The predicted octanol–water partition coefficient (Wildman–Crippen LogP) is -3.70. The molecule has 4 heterocycles. The molecule has 0 bridgehead atoms. The molecule has 3 aliphatic heterocycles. The fourth-order valence-corrected chi connectivity index (χ4v) is 5.17. The number of amides is 1. The lowest BCUT2D eigenvalue weighted by atomic mass is 10.1. The zero-order chi connectivity index (χ0) is 33.3. The number of phosphoric ester groups is 2. The van der Waals surface area contributed by atoms with Crippen molar-refractivity contribution < 1.29 is 72.4 Å². The molecule has 44 heavy (non-hydrogen) atoms. The van der Waals surface area contributed by atoms with Gasteiger partial charge < -0.3 is 59.7 Å². The number of aliphatic hydroxyl groups excluding tert-OH is 4. The Morgan fingerprint density at radius 1 is 0.909 bits per heavy atom. The van der Waals surface area contributed by atoms with Crippen molar-refractivity contribution in [2.24, 2.45) is 0 Å². The lowest BCUT2D eigenvalue weighted by Gasteiger charge is -2.33. The van der Waals surface area contributed by atoms with E-state index >= 15 is 0 Å². The van der Waals surface area contributed by atoms with Crippen molar-refractivity contribution >= 4 is 44.1 Å². The summed E-state index contributed by atoms with van der Waals surface area (Å²) in [6.45, 7) is 3.75. The molecule has 0 aliphatic carbocycles. The molecule has 0 spiro atoms. The molecule has 21 nitrogen and oxygen atoms in total. The highest BCUT2D eigenvalue weighted by molar-refractivity contribution is 14.1. The molecular weight excluding hydrogens is 757 g/mol. The molecule has 1 aromatic rings. The average molecular weight is 786 g/mol. The second kappa shape index (κ2) is 14.3. The van der Waals surface area contributed by atoms with Gasteiger partial charge >= 0.3 is 21.3 Å². The van der Waals surface area contributed by atoms with E-state index in [-0.39, 0.29) is 17.3 Å². The number of nitrogens with zero attached hydrogens (tertiary/aromatic N) is 2. The summed E-state index contributed by atoms with van der Waals surface area (Å²) in [6.07, 6.45) is -8.19. The number of carbonyl (C=O) groups is 1. The second-order valence-electron chi connectivity index (χ2n) is 9.43. The molecule has 1 aromatic heterocycles. The van der Waals surface area contributed by atoms with Crippen LogP contribution in [-0.2, 0) is 32.4 Å². The highest BCUT2D eigenvalue weighted by Crippen LogP contribution is 2.39. The van der Waals surface area contributed by atoms with Gasteiger partial charge in [0, 0.05) is 18.0 Å². The molecule has 10 N–H and O–H groups in total. The van der Waals surface area contributed by atoms with Crippen molar-refractivity contribution in [3.63, 3.8) is 0 Å². The number of aromatic nitrogens is 2. The van der Waals surface area contributed by atoms with Gasteiger partial charge in [0.15, 0.2) is 12.5 Å². The van der Waals surface area contributed by atoms with Gasteiger partial charge in [0.2, 0.25) is 0 Å². The minimum Gasteiger partial charge on any atom is -0.387 e. The van der Waals surface area contributed by atoms with Gasteiger partial charge in [-0.1, -0.05) is 6.58 Å². The van der Waals surface area contributed by atoms with E-state index < -0.39 is 89.2 Å². The zero-order valence-electron chi connectivity index (χ0n) is 22.3. The zero-order valence-corrected chi connectivity index (χ0v) is 26.3. The summed E-state index contributed by atoms with van der Waals surface area (Å²) in [4.78, 5) is 72.4. The quantitative estimate of drug-likeness (QED) is 0.0895. The van der Waals surface area contributed by atoms with Crippen LogP contribution in [0.4, 0.5) is 0 Å². The Balaban J connectivity index is 0.000000240. The van der Waals surface area contributed by atoms with Gasteiger partial charge in [-0.25, -0.2) is 13.9 Å². The topological polar surface area (TPSA) is 320 Å². The number of hydrogen-bond acceptors (Lipinski definition) is 14. The van der Waals surface area contributed by atoms with Gasteiger partial charge in [-0.2, -0.15) is 0 Å². The smallest absolute Gasteiger partial charge is 0.387 e. The molecule has 1 amide bonds. The van der Waals surface area contributed by atoms with E-state index in [1.165, 1.54) is 18.0 Å². The first kappa shape index (κ1) is 36.6. The van der Waals surface area contributed by atoms with Gasteiger partial charge in [-0.3, -0.25) is 28.2 Å². The Bertz CT molecular complexity index is 1490. The number of H-pyrrole nitrogens is 1. The normalized spacial score (nSPS) is 31.0. The Hall–Kier alpha value is -1.86. The largest absolute Gasteiger partial charge is 0.469 e. The van der Waals surface area contributed by atoms with Gasteiger partial charge in [-0.15, -0.1) is 0 Å². The van der Waals surface area contributed by atoms with Crippen LogP contribution in [0.2, 0.25) is 0 Å². The van der Waals surface area contributed by atoms with Crippen molar-refractivity contribution in [3.05, 3.63) is 54.8 Å². The van der Waals surface area contributed by atoms with Crippen molar-refractivity contribution in [1.82, 2.24) is 19.8 Å². The molecule has 4 rings (SSSR count). The number of rotatable bonds is 8. The molecule has 0 radical (unpaired) electrons. The summed E-state index contributed by atoms with van der Waals surface area (Å²) in [6, 6.07) is 0. The summed E-state index contributed by atoms with van der Waals surface area (Å²) >= 11 is 1.78. The lowest BCUT2D eigenvalue weighted by Crippen LogP contribution is -2.47. The minimum atomic E-state index is -4.77. The number of aryl methyl sites for hydroxylation is 1. The summed E-state index contributed by atoms with van der Waals surface area (Å²) in [5, 5.41) is 42.1. The van der Waals surface area contributed by atoms with Crippen LogP contribution in [0.5, 0.6) is 0 Å². The van der Waals surface area contributed by atoms with Gasteiger partial charge in [-0.05, 0) is 29.5 Å². The number of ether oxygens (including phenoxy) is 2. The van der Waals surface area contributed by atoms with Crippen LogP contribution in [0, 0.1) is 6.92 Å². The molecule has 248 valence electrons. The molecule has 2 unspecified atom stereocenters. The van der Waals surface area contributed by atoms with Crippen LogP contribution in [0.1, 0.15) is 11.8 Å². The van der Waals surface area contributed by atoms with E-state index in [0.717, 1.165) is 10.8 Å². The van der Waals surface area contributed by atoms with Gasteiger partial charge in [0.25, 0.3) is 11.5 Å². The summed E-state index contributed by atoms with van der Waals surface area (Å²) in [7, 11) is -9.49. The van der Waals surface area contributed by atoms with Crippen LogP contribution >= 0.6 is 38.2 Å². The number of aromatic amines is 1. The molecule has 0 saturated carbocycles.